The van der Waals surface area contributed by atoms with Crippen molar-refractivity contribution in [1.82, 2.24) is 20.2 Å². The average Bonchev–Trinajstić information content (AvgIpc) is 2.91. The van der Waals surface area contributed by atoms with Crippen LogP contribution in [0.5, 0.6) is 0 Å². The fourth-order valence-corrected chi connectivity index (χ4v) is 2.16. The Hall–Kier alpha value is -2.37. The van der Waals surface area contributed by atoms with Crippen LogP contribution in [0.3, 0.4) is 0 Å². The lowest BCUT2D eigenvalue weighted by molar-refractivity contribution is 0.614. The summed E-state index contributed by atoms with van der Waals surface area (Å²) in [4.78, 5) is 8.55. The van der Waals surface area contributed by atoms with Crippen LogP contribution in [-0.4, -0.2) is 28.6 Å². The van der Waals surface area contributed by atoms with Crippen molar-refractivity contribution in [1.29, 1.82) is 0 Å². The van der Waals surface area contributed by atoms with Gasteiger partial charge in [-0.25, -0.2) is 14.4 Å². The van der Waals surface area contributed by atoms with E-state index in [1.165, 1.54) is 6.07 Å². The third-order valence-electron chi connectivity index (χ3n) is 3.21. The summed E-state index contributed by atoms with van der Waals surface area (Å²) in [6.45, 7) is 7.87. The van der Waals surface area contributed by atoms with Crippen molar-refractivity contribution in [3.05, 3.63) is 47.8 Å². The molecule has 0 saturated heterocycles. The van der Waals surface area contributed by atoms with E-state index in [9.17, 15) is 4.39 Å². The minimum atomic E-state index is -0.276. The average molecular weight is 303 g/mol. The van der Waals surface area contributed by atoms with E-state index < -0.39 is 0 Å². The Labute approximate surface area is 130 Å². The molecule has 0 fully saturated rings. The Morgan fingerprint density at radius 3 is 2.55 bits per heavy atom. The highest BCUT2D eigenvalue weighted by molar-refractivity contribution is 5.79. The zero-order valence-electron chi connectivity index (χ0n) is 13.2. The third kappa shape index (κ3) is 3.84. The Morgan fingerprint density at radius 2 is 2.00 bits per heavy atom. The molecule has 118 valence electrons. The predicted molar refractivity (Wildman–Crippen MR) is 86.8 cm³/mol. The molecule has 1 aromatic carbocycles. The van der Waals surface area contributed by atoms with Gasteiger partial charge in [0.05, 0.1) is 12.2 Å². The van der Waals surface area contributed by atoms with Crippen molar-refractivity contribution >= 4 is 5.96 Å². The first-order valence-electron chi connectivity index (χ1n) is 7.46. The van der Waals surface area contributed by atoms with E-state index in [1.54, 1.807) is 23.0 Å². The van der Waals surface area contributed by atoms with Crippen molar-refractivity contribution in [3.8, 4) is 5.69 Å². The van der Waals surface area contributed by atoms with E-state index >= 15 is 0 Å². The number of hydrogen-bond acceptors (Lipinski definition) is 2. The fraction of sp³-hybridized carbons (Fsp3) is 0.375. The second kappa shape index (κ2) is 7.59. The highest BCUT2D eigenvalue weighted by Crippen LogP contribution is 2.17. The van der Waals surface area contributed by atoms with Gasteiger partial charge in [-0.1, -0.05) is 6.07 Å². The lowest BCUT2D eigenvalue weighted by Gasteiger charge is -2.10. The molecule has 22 heavy (non-hydrogen) atoms. The standard InChI is InChI=1S/C16H22FN5/c1-4-18-16(19-5-2)21-11-13-6-7-15(14(17)10-13)22-9-8-20-12(22)3/h6-10H,4-5,11H2,1-3H3,(H2,18,19,21). The topological polar surface area (TPSA) is 54.2 Å². The number of imidazole rings is 1. The molecule has 0 saturated carbocycles. The van der Waals surface area contributed by atoms with Crippen LogP contribution in [0.4, 0.5) is 4.39 Å². The maximum absolute atomic E-state index is 14.3. The van der Waals surface area contributed by atoms with Gasteiger partial charge in [-0.05, 0) is 38.5 Å². The first-order chi connectivity index (χ1) is 10.7. The monoisotopic (exact) mass is 303 g/mol. The molecule has 6 heteroatoms. The molecule has 0 unspecified atom stereocenters. The molecule has 1 aromatic heterocycles. The lowest BCUT2D eigenvalue weighted by Crippen LogP contribution is -2.36. The van der Waals surface area contributed by atoms with Crippen LogP contribution in [0.25, 0.3) is 5.69 Å². The van der Waals surface area contributed by atoms with E-state index in [-0.39, 0.29) is 5.82 Å². The van der Waals surface area contributed by atoms with E-state index in [4.69, 9.17) is 0 Å². The highest BCUT2D eigenvalue weighted by Gasteiger charge is 2.07. The van der Waals surface area contributed by atoms with Crippen LogP contribution in [0.2, 0.25) is 0 Å². The molecule has 2 rings (SSSR count). The predicted octanol–water partition coefficient (Wildman–Crippen LogP) is 2.39. The minimum absolute atomic E-state index is 0.276. The molecule has 5 nitrogen and oxygen atoms in total. The van der Waals surface area contributed by atoms with Crippen molar-refractivity contribution in [2.24, 2.45) is 4.99 Å². The maximum Gasteiger partial charge on any atom is 0.191 e. The number of aryl methyl sites for hydroxylation is 1. The highest BCUT2D eigenvalue weighted by atomic mass is 19.1. The molecule has 0 bridgehead atoms. The number of nitrogens with one attached hydrogen (secondary N) is 2. The van der Waals surface area contributed by atoms with Crippen molar-refractivity contribution in [3.63, 3.8) is 0 Å². The second-order valence-corrected chi connectivity index (χ2v) is 4.86. The number of nitrogens with zero attached hydrogens (tertiary/aromatic N) is 3. The summed E-state index contributed by atoms with van der Waals surface area (Å²) in [5.41, 5.74) is 1.33. The zero-order chi connectivity index (χ0) is 15.9. The fourth-order valence-electron chi connectivity index (χ4n) is 2.16. The number of halogens is 1. The number of aromatic nitrogens is 2. The Morgan fingerprint density at radius 1 is 1.27 bits per heavy atom. The molecule has 0 radical (unpaired) electrons. The Bertz CT molecular complexity index is 640. The molecule has 0 spiro atoms. The summed E-state index contributed by atoms with van der Waals surface area (Å²) in [6.07, 6.45) is 3.41. The molecule has 0 atom stereocenters. The van der Waals surface area contributed by atoms with Crippen LogP contribution in [-0.2, 0) is 6.54 Å². The van der Waals surface area contributed by atoms with Gasteiger partial charge in [0.25, 0.3) is 0 Å². The van der Waals surface area contributed by atoms with Crippen molar-refractivity contribution < 1.29 is 4.39 Å². The molecular formula is C16H22FN5. The summed E-state index contributed by atoms with van der Waals surface area (Å²) in [5.74, 6) is 1.22. The molecule has 0 aliphatic rings. The molecular weight excluding hydrogens is 281 g/mol. The number of hydrogen-bond donors (Lipinski definition) is 2. The molecule has 2 N–H and O–H groups in total. The number of guanidine groups is 1. The molecule has 1 heterocycles. The van der Waals surface area contributed by atoms with Gasteiger partial charge in [0.15, 0.2) is 5.96 Å². The van der Waals surface area contributed by atoms with Gasteiger partial charge in [0, 0.05) is 25.5 Å². The Balaban J connectivity index is 2.16. The lowest BCUT2D eigenvalue weighted by atomic mass is 10.2. The number of benzene rings is 1. The van der Waals surface area contributed by atoms with Crippen molar-refractivity contribution in [2.45, 2.75) is 27.3 Å². The summed E-state index contributed by atoms with van der Waals surface area (Å²) in [5, 5.41) is 6.28. The number of aliphatic imine (C=N–C) groups is 1. The van der Waals surface area contributed by atoms with E-state index in [1.807, 2.05) is 26.8 Å². The summed E-state index contributed by atoms with van der Waals surface area (Å²) in [7, 11) is 0. The Kier molecular flexibility index (Phi) is 5.52. The smallest absolute Gasteiger partial charge is 0.191 e. The van der Waals surface area contributed by atoms with E-state index in [2.05, 4.69) is 20.6 Å². The van der Waals surface area contributed by atoms with Crippen LogP contribution in [0.15, 0.2) is 35.6 Å². The summed E-state index contributed by atoms with van der Waals surface area (Å²) < 4.78 is 16.0. The second-order valence-electron chi connectivity index (χ2n) is 4.86. The first kappa shape index (κ1) is 16.0. The molecule has 0 aliphatic carbocycles. The van der Waals surface area contributed by atoms with E-state index in [0.29, 0.717) is 12.2 Å². The van der Waals surface area contributed by atoms with Gasteiger partial charge >= 0.3 is 0 Å². The quantitative estimate of drug-likeness (QED) is 0.659. The van der Waals surface area contributed by atoms with Crippen LogP contribution in [0.1, 0.15) is 25.2 Å². The van der Waals surface area contributed by atoms with Crippen LogP contribution >= 0.6 is 0 Å². The van der Waals surface area contributed by atoms with Gasteiger partial charge < -0.3 is 15.2 Å². The minimum Gasteiger partial charge on any atom is -0.357 e. The normalized spacial score (nSPS) is 10.4. The van der Waals surface area contributed by atoms with Crippen molar-refractivity contribution in [2.75, 3.05) is 13.1 Å². The molecule has 0 amide bonds. The number of rotatable bonds is 5. The zero-order valence-corrected chi connectivity index (χ0v) is 13.2. The summed E-state index contributed by atoms with van der Waals surface area (Å²) in [6, 6.07) is 5.17. The van der Waals surface area contributed by atoms with Gasteiger partial charge in [0.2, 0.25) is 0 Å². The first-order valence-corrected chi connectivity index (χ1v) is 7.46. The van der Waals surface area contributed by atoms with Crippen LogP contribution in [0, 0.1) is 12.7 Å². The van der Waals surface area contributed by atoms with Gasteiger partial charge in [-0.3, -0.25) is 0 Å². The van der Waals surface area contributed by atoms with Gasteiger partial charge in [-0.2, -0.15) is 0 Å². The SMILES string of the molecule is CCNC(=NCc1ccc(-n2ccnc2C)c(F)c1)NCC. The summed E-state index contributed by atoms with van der Waals surface area (Å²) >= 11 is 0. The van der Waals surface area contributed by atoms with Crippen LogP contribution < -0.4 is 10.6 Å². The molecule has 0 aliphatic heterocycles. The maximum atomic E-state index is 14.3. The largest absolute Gasteiger partial charge is 0.357 e. The van der Waals surface area contributed by atoms with Gasteiger partial charge in [-0.15, -0.1) is 0 Å². The molecule has 2 aromatic rings. The van der Waals surface area contributed by atoms with E-state index in [0.717, 1.165) is 30.4 Å². The third-order valence-corrected chi connectivity index (χ3v) is 3.21. The van der Waals surface area contributed by atoms with Gasteiger partial charge in [0.1, 0.15) is 11.6 Å².